The molecule has 4 aromatic rings. The first kappa shape index (κ1) is 21.5. The van der Waals surface area contributed by atoms with Crippen LogP contribution in [-0.2, 0) is 6.42 Å². The minimum absolute atomic E-state index is 0.0136. The average Bonchev–Trinajstić information content (AvgIpc) is 3.25. The van der Waals surface area contributed by atoms with Crippen LogP contribution in [-0.4, -0.2) is 30.7 Å². The van der Waals surface area contributed by atoms with E-state index in [2.05, 4.69) is 15.3 Å². The van der Waals surface area contributed by atoms with Gasteiger partial charge in [0.25, 0.3) is 5.56 Å². The molecule has 4 N–H and O–H groups in total. The van der Waals surface area contributed by atoms with E-state index in [-0.39, 0.29) is 27.7 Å². The number of nitrogens with one attached hydrogen (secondary N) is 2. The van der Waals surface area contributed by atoms with Crippen molar-refractivity contribution in [3.8, 4) is 28.0 Å². The van der Waals surface area contributed by atoms with Crippen LogP contribution < -0.4 is 21.3 Å². The number of hydrogen-bond donors (Lipinski definition) is 3. The molecule has 0 aliphatic carbocycles. The molecule has 6 nitrogen and oxygen atoms in total. The van der Waals surface area contributed by atoms with Crippen LogP contribution in [0.2, 0.25) is 0 Å². The highest BCUT2D eigenvalue weighted by Crippen LogP contribution is 2.35. The SMILES string of the molecule is CNC.Nc1nc(F)c(-c2ccc3c(c2)CCO3)cc1-c1ccc2c(=O)[nH]cc(F)c2c1. The van der Waals surface area contributed by atoms with Gasteiger partial charge in [0.05, 0.1) is 6.61 Å². The summed E-state index contributed by atoms with van der Waals surface area (Å²) in [6, 6.07) is 11.7. The predicted octanol–water partition coefficient (Wildman–Crippen LogP) is 3.89. The summed E-state index contributed by atoms with van der Waals surface area (Å²) in [5.74, 6) is -0.462. The standard InChI is InChI=1S/C22H15F2N3O2.C2H7N/c23-18-10-26-22(28)14-3-1-12(8-17(14)18)16-9-15(20(24)27-21(16)25)11-2-4-19-13(7-11)5-6-29-19;1-3-2/h1-4,7-10H,5-6H2,(H2,25,27)(H,26,28);3H,1-2H3. The summed E-state index contributed by atoms with van der Waals surface area (Å²) in [5, 5.41) is 3.13. The number of fused-ring (bicyclic) bond motifs is 2. The Morgan fingerprint density at radius 2 is 1.75 bits per heavy atom. The van der Waals surface area contributed by atoms with Gasteiger partial charge in [-0.25, -0.2) is 9.37 Å². The van der Waals surface area contributed by atoms with Gasteiger partial charge in [-0.3, -0.25) is 4.79 Å². The fraction of sp³-hybridized carbons (Fsp3) is 0.167. The third-order valence-electron chi connectivity index (χ3n) is 5.17. The van der Waals surface area contributed by atoms with Crippen LogP contribution in [0.5, 0.6) is 5.75 Å². The smallest absolute Gasteiger partial charge is 0.256 e. The van der Waals surface area contributed by atoms with E-state index in [1.54, 1.807) is 18.2 Å². The van der Waals surface area contributed by atoms with Gasteiger partial charge in [0.15, 0.2) is 0 Å². The molecule has 32 heavy (non-hydrogen) atoms. The Kier molecular flexibility index (Phi) is 5.87. The van der Waals surface area contributed by atoms with Gasteiger partial charge in [0, 0.05) is 34.5 Å². The van der Waals surface area contributed by atoms with Gasteiger partial charge in [-0.15, -0.1) is 0 Å². The Morgan fingerprint density at radius 1 is 1.03 bits per heavy atom. The zero-order valence-electron chi connectivity index (χ0n) is 17.6. The molecule has 0 fully saturated rings. The maximum absolute atomic E-state index is 14.6. The maximum Gasteiger partial charge on any atom is 0.256 e. The van der Waals surface area contributed by atoms with Gasteiger partial charge in [-0.2, -0.15) is 4.39 Å². The van der Waals surface area contributed by atoms with Gasteiger partial charge < -0.3 is 20.8 Å². The molecule has 0 unspecified atom stereocenters. The van der Waals surface area contributed by atoms with Crippen molar-refractivity contribution in [2.45, 2.75) is 6.42 Å². The molecule has 8 heteroatoms. The first-order valence-corrected chi connectivity index (χ1v) is 10.0. The van der Waals surface area contributed by atoms with Crippen LogP contribution >= 0.6 is 0 Å². The van der Waals surface area contributed by atoms with Gasteiger partial charge in [0.1, 0.15) is 17.4 Å². The number of aromatic amines is 1. The van der Waals surface area contributed by atoms with E-state index in [1.165, 1.54) is 12.1 Å². The highest BCUT2D eigenvalue weighted by Gasteiger charge is 2.18. The largest absolute Gasteiger partial charge is 0.493 e. The number of benzene rings is 2. The van der Waals surface area contributed by atoms with E-state index in [0.29, 0.717) is 23.3 Å². The van der Waals surface area contributed by atoms with E-state index < -0.39 is 11.8 Å². The second-order valence-electron chi connectivity index (χ2n) is 7.41. The van der Waals surface area contributed by atoms with Crippen LogP contribution in [0.3, 0.4) is 0 Å². The predicted molar refractivity (Wildman–Crippen MR) is 122 cm³/mol. The molecule has 1 aliphatic heterocycles. The molecule has 0 atom stereocenters. The topological polar surface area (TPSA) is 93.0 Å². The molecule has 164 valence electrons. The fourth-order valence-corrected chi connectivity index (χ4v) is 3.68. The number of hydrogen-bond acceptors (Lipinski definition) is 5. The number of anilines is 1. The monoisotopic (exact) mass is 436 g/mol. The highest BCUT2D eigenvalue weighted by molar-refractivity contribution is 5.89. The van der Waals surface area contributed by atoms with Crippen LogP contribution in [0.4, 0.5) is 14.6 Å². The zero-order valence-corrected chi connectivity index (χ0v) is 17.6. The van der Waals surface area contributed by atoms with Crippen molar-refractivity contribution >= 4 is 16.6 Å². The lowest BCUT2D eigenvalue weighted by atomic mass is 9.97. The normalized spacial score (nSPS) is 12.1. The molecular formula is C24H22F2N4O2. The summed E-state index contributed by atoms with van der Waals surface area (Å²) in [7, 11) is 3.75. The zero-order chi connectivity index (χ0) is 22.8. The first-order chi connectivity index (χ1) is 15.4. The number of H-pyrrole nitrogens is 1. The van der Waals surface area contributed by atoms with Crippen molar-refractivity contribution in [1.29, 1.82) is 0 Å². The van der Waals surface area contributed by atoms with Crippen LogP contribution in [0, 0.1) is 11.8 Å². The van der Waals surface area contributed by atoms with Crippen molar-refractivity contribution in [2.24, 2.45) is 0 Å². The van der Waals surface area contributed by atoms with Crippen molar-refractivity contribution in [1.82, 2.24) is 15.3 Å². The van der Waals surface area contributed by atoms with Gasteiger partial charge in [-0.05, 0) is 61.1 Å². The third kappa shape index (κ3) is 3.92. The molecule has 2 aromatic carbocycles. The van der Waals surface area contributed by atoms with E-state index in [4.69, 9.17) is 10.5 Å². The Bertz CT molecular complexity index is 1370. The van der Waals surface area contributed by atoms with Crippen LogP contribution in [0.15, 0.2) is 53.5 Å². The summed E-state index contributed by atoms with van der Waals surface area (Å²) in [5.41, 5.74) is 8.53. The number of halogens is 2. The van der Waals surface area contributed by atoms with E-state index in [1.807, 2.05) is 26.2 Å². The minimum atomic E-state index is -0.687. The summed E-state index contributed by atoms with van der Waals surface area (Å²) in [6.07, 6.45) is 1.78. The first-order valence-electron chi connectivity index (χ1n) is 10.0. The number of nitrogens with zero attached hydrogens (tertiary/aromatic N) is 1. The summed E-state index contributed by atoms with van der Waals surface area (Å²) < 4.78 is 34.3. The summed E-state index contributed by atoms with van der Waals surface area (Å²) >= 11 is 0. The van der Waals surface area contributed by atoms with Crippen molar-refractivity contribution in [3.05, 3.63) is 76.3 Å². The lowest BCUT2D eigenvalue weighted by Crippen LogP contribution is -2.06. The van der Waals surface area contributed by atoms with E-state index in [9.17, 15) is 13.6 Å². The Labute approximate surface area is 183 Å². The summed E-state index contributed by atoms with van der Waals surface area (Å²) in [4.78, 5) is 18.1. The molecule has 0 radical (unpaired) electrons. The fourth-order valence-electron chi connectivity index (χ4n) is 3.68. The van der Waals surface area contributed by atoms with Crippen LogP contribution in [0.1, 0.15) is 5.56 Å². The van der Waals surface area contributed by atoms with Crippen molar-refractivity contribution < 1.29 is 13.5 Å². The number of nitrogen functional groups attached to an aromatic ring is 1. The molecule has 0 amide bonds. The molecule has 0 spiro atoms. The molecule has 5 rings (SSSR count). The second-order valence-corrected chi connectivity index (χ2v) is 7.41. The van der Waals surface area contributed by atoms with Crippen molar-refractivity contribution in [2.75, 3.05) is 26.4 Å². The van der Waals surface area contributed by atoms with E-state index in [0.717, 1.165) is 23.9 Å². The number of rotatable bonds is 2. The molecule has 1 aliphatic rings. The van der Waals surface area contributed by atoms with E-state index >= 15 is 0 Å². The number of nitrogens with two attached hydrogens (primary N) is 1. The van der Waals surface area contributed by atoms with Gasteiger partial charge in [-0.1, -0.05) is 12.1 Å². The minimum Gasteiger partial charge on any atom is -0.493 e. The highest BCUT2D eigenvalue weighted by atomic mass is 19.1. The Hall–Kier alpha value is -3.78. The number of pyridine rings is 2. The van der Waals surface area contributed by atoms with Crippen LogP contribution in [0.25, 0.3) is 33.0 Å². The van der Waals surface area contributed by atoms with Crippen molar-refractivity contribution in [3.63, 3.8) is 0 Å². The summed E-state index contributed by atoms with van der Waals surface area (Å²) in [6.45, 7) is 0.605. The third-order valence-corrected chi connectivity index (χ3v) is 5.17. The number of aromatic nitrogens is 2. The Morgan fingerprint density at radius 3 is 2.53 bits per heavy atom. The quantitative estimate of drug-likeness (QED) is 0.415. The molecular weight excluding hydrogens is 414 g/mol. The van der Waals surface area contributed by atoms with Gasteiger partial charge >= 0.3 is 0 Å². The maximum atomic E-state index is 14.6. The molecule has 0 saturated heterocycles. The van der Waals surface area contributed by atoms with Gasteiger partial charge in [0.2, 0.25) is 5.95 Å². The molecule has 2 aromatic heterocycles. The molecule has 0 bridgehead atoms. The lowest BCUT2D eigenvalue weighted by molar-refractivity contribution is 0.357. The number of ether oxygens (including phenoxy) is 1. The average molecular weight is 436 g/mol. The Balaban J connectivity index is 0.000000775. The molecule has 3 heterocycles. The molecule has 0 saturated carbocycles. The lowest BCUT2D eigenvalue weighted by Gasteiger charge is -2.11. The second kappa shape index (κ2) is 8.76.